The number of aryl methyl sites for hydroxylation is 1. The lowest BCUT2D eigenvalue weighted by atomic mass is 10.2. The number of amides is 2. The molecule has 0 aliphatic heterocycles. The summed E-state index contributed by atoms with van der Waals surface area (Å²) in [5, 5.41) is 2.92. The van der Waals surface area contributed by atoms with Crippen LogP contribution in [0.25, 0.3) is 0 Å². The van der Waals surface area contributed by atoms with Crippen LogP contribution in [0.1, 0.15) is 33.3 Å². The third-order valence-corrected chi connectivity index (χ3v) is 2.65. The predicted molar refractivity (Wildman–Crippen MR) is 72.3 cm³/mol. The van der Waals surface area contributed by atoms with E-state index in [0.717, 1.165) is 5.69 Å². The minimum absolute atomic E-state index is 0.0427. The Morgan fingerprint density at radius 2 is 1.53 bits per heavy atom. The first-order valence-electron chi connectivity index (χ1n) is 6.07. The standard InChI is InChI=1S/C14H22N2O/c1-10(2)16(11(3)4)14(17)15-13-8-6-12(5)7-9-13/h6-11H,1-5H3,(H,15,17). The fourth-order valence-electron chi connectivity index (χ4n) is 1.89. The number of carbonyl (C=O) groups is 1. The largest absolute Gasteiger partial charge is 0.322 e. The Morgan fingerprint density at radius 1 is 1.06 bits per heavy atom. The minimum Gasteiger partial charge on any atom is -0.320 e. The first-order valence-corrected chi connectivity index (χ1v) is 6.07. The predicted octanol–water partition coefficient (Wildman–Crippen LogP) is 3.65. The number of hydrogen-bond donors (Lipinski definition) is 1. The normalized spacial score (nSPS) is 10.8. The van der Waals surface area contributed by atoms with E-state index < -0.39 is 0 Å². The Morgan fingerprint density at radius 3 is 1.94 bits per heavy atom. The van der Waals surface area contributed by atoms with E-state index in [4.69, 9.17) is 0 Å². The van der Waals surface area contributed by atoms with E-state index >= 15 is 0 Å². The lowest BCUT2D eigenvalue weighted by molar-refractivity contribution is 0.178. The van der Waals surface area contributed by atoms with Gasteiger partial charge in [0.25, 0.3) is 0 Å². The zero-order chi connectivity index (χ0) is 13.0. The van der Waals surface area contributed by atoms with Crippen LogP contribution in [-0.4, -0.2) is 23.0 Å². The molecule has 3 heteroatoms. The van der Waals surface area contributed by atoms with Gasteiger partial charge < -0.3 is 10.2 Å². The molecule has 0 aromatic heterocycles. The Bertz CT molecular complexity index is 360. The Labute approximate surface area is 104 Å². The van der Waals surface area contributed by atoms with Gasteiger partial charge >= 0.3 is 6.03 Å². The van der Waals surface area contributed by atoms with Gasteiger partial charge in [-0.05, 0) is 46.8 Å². The molecule has 0 heterocycles. The first kappa shape index (κ1) is 13.6. The summed E-state index contributed by atoms with van der Waals surface area (Å²) >= 11 is 0. The first-order chi connectivity index (χ1) is 7.91. The van der Waals surface area contributed by atoms with Crippen molar-refractivity contribution in [2.24, 2.45) is 0 Å². The zero-order valence-electron chi connectivity index (χ0n) is 11.3. The van der Waals surface area contributed by atoms with Gasteiger partial charge in [0.05, 0.1) is 0 Å². The highest BCUT2D eigenvalue weighted by atomic mass is 16.2. The molecule has 1 aromatic carbocycles. The van der Waals surface area contributed by atoms with Gasteiger partial charge in [-0.2, -0.15) is 0 Å². The van der Waals surface area contributed by atoms with Crippen LogP contribution < -0.4 is 5.32 Å². The number of carbonyl (C=O) groups excluding carboxylic acids is 1. The van der Waals surface area contributed by atoms with E-state index in [1.54, 1.807) is 0 Å². The molecule has 0 unspecified atom stereocenters. The van der Waals surface area contributed by atoms with Gasteiger partial charge in [0.15, 0.2) is 0 Å². The van der Waals surface area contributed by atoms with Crippen LogP contribution in [0.15, 0.2) is 24.3 Å². The van der Waals surface area contributed by atoms with Crippen molar-refractivity contribution in [3.63, 3.8) is 0 Å². The van der Waals surface area contributed by atoms with Crippen molar-refractivity contribution in [1.82, 2.24) is 4.90 Å². The summed E-state index contributed by atoms with van der Waals surface area (Å²) in [4.78, 5) is 13.9. The average molecular weight is 234 g/mol. The summed E-state index contributed by atoms with van der Waals surface area (Å²) in [5.41, 5.74) is 2.03. The molecule has 0 aliphatic carbocycles. The summed E-state index contributed by atoms with van der Waals surface area (Å²) in [6.45, 7) is 10.1. The third kappa shape index (κ3) is 3.77. The molecule has 0 bridgehead atoms. The molecule has 17 heavy (non-hydrogen) atoms. The second-order valence-corrected chi connectivity index (χ2v) is 4.89. The number of benzene rings is 1. The molecule has 0 spiro atoms. The summed E-state index contributed by atoms with van der Waals surface area (Å²) in [6, 6.07) is 8.17. The van der Waals surface area contributed by atoms with Crippen molar-refractivity contribution in [3.8, 4) is 0 Å². The Balaban J connectivity index is 2.73. The topological polar surface area (TPSA) is 32.3 Å². The van der Waals surface area contributed by atoms with Gasteiger partial charge in [-0.1, -0.05) is 17.7 Å². The van der Waals surface area contributed by atoms with Crippen LogP contribution >= 0.6 is 0 Å². The smallest absolute Gasteiger partial charge is 0.320 e. The highest BCUT2D eigenvalue weighted by molar-refractivity contribution is 5.89. The molecule has 1 aromatic rings. The number of nitrogens with one attached hydrogen (secondary N) is 1. The van der Waals surface area contributed by atoms with E-state index in [1.165, 1.54) is 5.56 Å². The molecule has 1 rings (SSSR count). The average Bonchev–Trinajstić information content (AvgIpc) is 2.20. The van der Waals surface area contributed by atoms with Crippen molar-refractivity contribution in [2.45, 2.75) is 46.7 Å². The van der Waals surface area contributed by atoms with E-state index in [2.05, 4.69) is 5.32 Å². The second kappa shape index (κ2) is 5.71. The third-order valence-electron chi connectivity index (χ3n) is 2.65. The number of rotatable bonds is 3. The molecule has 0 fully saturated rings. The lowest BCUT2D eigenvalue weighted by Gasteiger charge is -2.30. The number of nitrogens with zero attached hydrogens (tertiary/aromatic N) is 1. The van der Waals surface area contributed by atoms with Gasteiger partial charge in [-0.25, -0.2) is 4.79 Å². The molecular formula is C14H22N2O. The van der Waals surface area contributed by atoms with Crippen molar-refractivity contribution < 1.29 is 4.79 Å². The second-order valence-electron chi connectivity index (χ2n) is 4.89. The van der Waals surface area contributed by atoms with Crippen molar-refractivity contribution >= 4 is 11.7 Å². The monoisotopic (exact) mass is 234 g/mol. The highest BCUT2D eigenvalue weighted by Gasteiger charge is 2.19. The van der Waals surface area contributed by atoms with Gasteiger partial charge in [0.2, 0.25) is 0 Å². The van der Waals surface area contributed by atoms with Crippen LogP contribution in [0.2, 0.25) is 0 Å². The SMILES string of the molecule is Cc1ccc(NC(=O)N(C(C)C)C(C)C)cc1. The van der Waals surface area contributed by atoms with Crippen LogP contribution in [0.3, 0.4) is 0 Å². The molecule has 0 radical (unpaired) electrons. The molecule has 0 saturated carbocycles. The number of hydrogen-bond acceptors (Lipinski definition) is 1. The van der Waals surface area contributed by atoms with E-state index in [0.29, 0.717) is 0 Å². The fourth-order valence-corrected chi connectivity index (χ4v) is 1.89. The van der Waals surface area contributed by atoms with Gasteiger partial charge in [0.1, 0.15) is 0 Å². The molecule has 0 atom stereocenters. The van der Waals surface area contributed by atoms with Crippen molar-refractivity contribution in [3.05, 3.63) is 29.8 Å². The van der Waals surface area contributed by atoms with E-state index in [9.17, 15) is 4.79 Å². The fraction of sp³-hybridized carbons (Fsp3) is 0.500. The van der Waals surface area contributed by atoms with Crippen LogP contribution in [0.5, 0.6) is 0 Å². The van der Waals surface area contributed by atoms with Gasteiger partial charge in [-0.3, -0.25) is 0 Å². The quantitative estimate of drug-likeness (QED) is 0.850. The molecule has 2 amide bonds. The molecule has 1 N–H and O–H groups in total. The summed E-state index contributed by atoms with van der Waals surface area (Å²) in [6.07, 6.45) is 0. The summed E-state index contributed by atoms with van der Waals surface area (Å²) in [5.74, 6) is 0. The molecule has 0 saturated heterocycles. The molecular weight excluding hydrogens is 212 g/mol. The van der Waals surface area contributed by atoms with Crippen LogP contribution in [-0.2, 0) is 0 Å². The number of anilines is 1. The Hall–Kier alpha value is -1.51. The lowest BCUT2D eigenvalue weighted by Crippen LogP contribution is -2.44. The molecule has 0 aliphatic rings. The summed E-state index contributed by atoms with van der Waals surface area (Å²) in [7, 11) is 0. The maximum atomic E-state index is 12.1. The summed E-state index contributed by atoms with van der Waals surface area (Å²) < 4.78 is 0. The minimum atomic E-state index is -0.0427. The van der Waals surface area contributed by atoms with Gasteiger partial charge in [-0.15, -0.1) is 0 Å². The maximum absolute atomic E-state index is 12.1. The van der Waals surface area contributed by atoms with Crippen LogP contribution in [0, 0.1) is 6.92 Å². The highest BCUT2D eigenvalue weighted by Crippen LogP contribution is 2.12. The van der Waals surface area contributed by atoms with Crippen LogP contribution in [0.4, 0.5) is 10.5 Å². The molecule has 94 valence electrons. The maximum Gasteiger partial charge on any atom is 0.322 e. The van der Waals surface area contributed by atoms with E-state index in [1.807, 2.05) is 63.8 Å². The zero-order valence-corrected chi connectivity index (χ0v) is 11.3. The molecule has 3 nitrogen and oxygen atoms in total. The van der Waals surface area contributed by atoms with Gasteiger partial charge in [0, 0.05) is 17.8 Å². The number of urea groups is 1. The Kier molecular flexibility index (Phi) is 4.55. The van der Waals surface area contributed by atoms with E-state index in [-0.39, 0.29) is 18.1 Å². The van der Waals surface area contributed by atoms with Crippen molar-refractivity contribution in [1.29, 1.82) is 0 Å². The van der Waals surface area contributed by atoms with Crippen molar-refractivity contribution in [2.75, 3.05) is 5.32 Å².